The van der Waals surface area contributed by atoms with Gasteiger partial charge in [0.15, 0.2) is 0 Å². The van der Waals surface area contributed by atoms with Crippen LogP contribution < -0.4 is 28.1 Å². The Labute approximate surface area is 156 Å². The zero-order valence-corrected chi connectivity index (χ0v) is 20.4. The van der Waals surface area contributed by atoms with Crippen LogP contribution in [-0.4, -0.2) is 11.9 Å². The van der Waals surface area contributed by atoms with E-state index >= 15 is 0 Å². The van der Waals surface area contributed by atoms with E-state index in [0.29, 0.717) is 11.8 Å². The zero-order valence-electron chi connectivity index (χ0n) is 14.1. The molecule has 2 aliphatic rings. The second-order valence-corrected chi connectivity index (χ2v) is 32.4. The average Bonchev–Trinajstić information content (AvgIpc) is 2.76. The molecule has 0 heterocycles. The van der Waals surface area contributed by atoms with Gasteiger partial charge in [-0.15, -0.1) is 0 Å². The van der Waals surface area contributed by atoms with Gasteiger partial charge in [-0.25, -0.2) is 0 Å². The molecule has 0 aliphatic heterocycles. The van der Waals surface area contributed by atoms with E-state index in [1.165, 1.54) is 30.4 Å². The molecule has 0 unspecified atom stereocenters. The minimum absolute atomic E-state index is 0. The molecule has 0 aromatic carbocycles. The maximum Gasteiger partial charge on any atom is -1.00 e. The van der Waals surface area contributed by atoms with Gasteiger partial charge in [-0.3, -0.25) is 0 Å². The van der Waals surface area contributed by atoms with Crippen molar-refractivity contribution in [1.82, 2.24) is 3.30 Å². The van der Waals surface area contributed by atoms with Crippen LogP contribution in [0.15, 0.2) is 20.6 Å². The number of rotatable bonds is 4. The number of hydrogen-bond acceptors (Lipinski definition) is 1. The van der Waals surface area contributed by atoms with Crippen LogP contribution in [0.3, 0.4) is 0 Å². The Morgan fingerprint density at radius 1 is 1.18 bits per heavy atom. The van der Waals surface area contributed by atoms with Gasteiger partial charge in [-0.05, 0) is 0 Å². The number of allylic oxidation sites excluding steroid dienone is 4. The Morgan fingerprint density at radius 2 is 1.77 bits per heavy atom. The first-order valence-electron chi connectivity index (χ1n) is 8.04. The van der Waals surface area contributed by atoms with Gasteiger partial charge in [-0.2, -0.15) is 0 Å². The van der Waals surface area contributed by atoms with Gasteiger partial charge >= 0.3 is 133 Å². The summed E-state index contributed by atoms with van der Waals surface area (Å²) in [6, 6.07) is 0. The fourth-order valence-electron chi connectivity index (χ4n) is 3.23. The minimum atomic E-state index is -2.03. The third kappa shape index (κ3) is 5.92. The quantitative estimate of drug-likeness (QED) is 0.415. The molecular weight excluding hydrogens is 500 g/mol. The van der Waals surface area contributed by atoms with Crippen molar-refractivity contribution in [3.8, 4) is 0 Å². The van der Waals surface area contributed by atoms with Crippen molar-refractivity contribution >= 4 is 11.9 Å². The van der Waals surface area contributed by atoms with Crippen molar-refractivity contribution in [3.05, 3.63) is 20.6 Å². The van der Waals surface area contributed by atoms with Gasteiger partial charge in [0.1, 0.15) is 0 Å². The van der Waals surface area contributed by atoms with Gasteiger partial charge in [-0.1, -0.05) is 0 Å². The Balaban J connectivity index is 0.00000220. The van der Waals surface area contributed by atoms with Crippen LogP contribution >= 0.6 is 0 Å². The molecule has 0 radical (unpaired) electrons. The van der Waals surface area contributed by atoms with Crippen molar-refractivity contribution in [2.45, 2.75) is 65.5 Å². The molecule has 0 aromatic rings. The van der Waals surface area contributed by atoms with E-state index in [4.69, 9.17) is 0 Å². The van der Waals surface area contributed by atoms with E-state index in [1.54, 1.807) is 3.33 Å². The van der Waals surface area contributed by atoms with E-state index in [1.807, 2.05) is 0 Å². The Bertz CT molecular complexity index is 445. The Hall–Kier alpha value is 0.617. The maximum absolute atomic E-state index is 12.6. The summed E-state index contributed by atoms with van der Waals surface area (Å²) in [4.78, 5) is 12.6. The molecule has 0 aromatic heterocycles. The standard InChI is InChI=1S/C7H13NO.C7H9.C2H7Si.2ClH.Hf/c8-7(9)6-4-2-1-3-5-6;1-6-4-3-5-7(6)2;1-3-2;;;/h6H,1-5H2,(H2,8,9);4H,5H2,1-2H3;3H,1-2H3;2*1H;/q;;;;;+3/p-3. The van der Waals surface area contributed by atoms with E-state index in [-0.39, 0.29) is 24.8 Å². The van der Waals surface area contributed by atoms with E-state index in [2.05, 4.69) is 36.3 Å². The number of halogens is 2. The monoisotopic (exact) mass is 528 g/mol. The second-order valence-electron chi connectivity index (χ2n) is 6.70. The number of nitrogens with one attached hydrogen (secondary N) is 1. The van der Waals surface area contributed by atoms with Crippen molar-refractivity contribution in [1.29, 1.82) is 0 Å². The predicted octanol–water partition coefficient (Wildman–Crippen LogP) is -2.17. The molecule has 0 bridgehead atoms. The van der Waals surface area contributed by atoms with Crippen molar-refractivity contribution in [2.24, 2.45) is 5.92 Å². The summed E-state index contributed by atoms with van der Waals surface area (Å²) in [7, 11) is 0. The smallest absolute Gasteiger partial charge is 1.00 e. The first-order valence-corrected chi connectivity index (χ1v) is 20.7. The van der Waals surface area contributed by atoms with Crippen LogP contribution in [0.4, 0.5) is 0 Å². The molecule has 6 heteroatoms. The van der Waals surface area contributed by atoms with E-state index in [0.717, 1.165) is 19.3 Å². The number of carbonyl (C=O) groups excluding carboxylic acids is 1. The summed E-state index contributed by atoms with van der Waals surface area (Å²) in [5.41, 5.74) is 2.97. The molecule has 2 nitrogen and oxygen atoms in total. The molecule has 0 saturated heterocycles. The molecule has 1 fully saturated rings. The predicted molar refractivity (Wildman–Crippen MR) is 84.7 cm³/mol. The number of amides is 1. The third-order valence-corrected chi connectivity index (χ3v) is 28.0. The maximum atomic E-state index is 12.6. The topological polar surface area (TPSA) is 29.1 Å². The van der Waals surface area contributed by atoms with Crippen LogP contribution in [0.25, 0.3) is 0 Å². The normalized spacial score (nSPS) is 18.5. The fourth-order valence-corrected chi connectivity index (χ4v) is 23.3. The van der Waals surface area contributed by atoms with Gasteiger partial charge in [0.05, 0.1) is 0 Å². The van der Waals surface area contributed by atoms with Crippen LogP contribution in [-0.2, 0) is 25.7 Å². The second kappa shape index (κ2) is 10.5. The van der Waals surface area contributed by atoms with E-state index in [9.17, 15) is 4.79 Å². The Kier molecular flexibility index (Phi) is 10.8. The molecule has 1 saturated carbocycles. The van der Waals surface area contributed by atoms with Crippen molar-refractivity contribution in [2.75, 3.05) is 0 Å². The summed E-state index contributed by atoms with van der Waals surface area (Å²) in [5.74, 6) is 0.0232. The molecule has 125 valence electrons. The molecule has 2 rings (SSSR count). The molecule has 0 spiro atoms. The van der Waals surface area contributed by atoms with E-state index < -0.39 is 26.9 Å². The van der Waals surface area contributed by atoms with Crippen molar-refractivity contribution < 1.29 is 50.5 Å². The summed E-state index contributed by atoms with van der Waals surface area (Å²) in [6.45, 7) is 9.34. The van der Waals surface area contributed by atoms with Gasteiger partial charge in [0, 0.05) is 0 Å². The summed E-state index contributed by atoms with van der Waals surface area (Å²) in [5, 5.41) is 0. The van der Waals surface area contributed by atoms with Crippen LogP contribution in [0.2, 0.25) is 13.1 Å². The SMILES string of the molecule is CC1=C(C)C[C]([Hf+2]([NH]C(=O)C2CCCCC2)[SiH](C)C)=C1.[Cl-].[Cl-]. The first-order chi connectivity index (χ1) is 9.49. The first kappa shape index (κ1) is 22.6. The van der Waals surface area contributed by atoms with Gasteiger partial charge in [0.2, 0.25) is 0 Å². The minimum Gasteiger partial charge on any atom is -1.00 e. The summed E-state index contributed by atoms with van der Waals surface area (Å²) in [6.07, 6.45) is 9.64. The Morgan fingerprint density at radius 3 is 2.23 bits per heavy atom. The third-order valence-electron chi connectivity index (χ3n) is 4.68. The number of carbonyl (C=O) groups is 1. The fraction of sp³-hybridized carbons (Fsp3) is 0.688. The van der Waals surface area contributed by atoms with Gasteiger partial charge in [0.25, 0.3) is 0 Å². The molecule has 1 amide bonds. The summed E-state index contributed by atoms with van der Waals surface area (Å²) >= 11 is -2.03. The molecule has 2 aliphatic carbocycles. The molecular formula is C16H28Cl2HfNOSi. The summed E-state index contributed by atoms with van der Waals surface area (Å²) < 4.78 is 5.27. The van der Waals surface area contributed by atoms with Crippen LogP contribution in [0, 0.1) is 5.92 Å². The molecule has 0 atom stereocenters. The average molecular weight is 528 g/mol. The van der Waals surface area contributed by atoms with Crippen molar-refractivity contribution in [3.63, 3.8) is 0 Å². The molecule has 22 heavy (non-hydrogen) atoms. The zero-order chi connectivity index (χ0) is 14.7. The largest absolute Gasteiger partial charge is 1.00 e. The van der Waals surface area contributed by atoms with Crippen LogP contribution in [0.1, 0.15) is 52.4 Å². The molecule has 1 N–H and O–H groups in total. The van der Waals surface area contributed by atoms with Gasteiger partial charge < -0.3 is 24.8 Å². The van der Waals surface area contributed by atoms with Crippen LogP contribution in [0.5, 0.6) is 0 Å². The number of hydrogen-bond donors (Lipinski definition) is 1.